The molecular formula is C12H18ClN3O4S. The summed E-state index contributed by atoms with van der Waals surface area (Å²) >= 11 is 0. The number of sulfonamides is 1. The molecule has 0 spiro atoms. The molecule has 1 aromatic rings. The molecule has 2 rings (SSSR count). The number of nitrogens with two attached hydrogens (primary N) is 1. The molecule has 7 nitrogen and oxygen atoms in total. The van der Waals surface area contributed by atoms with Crippen LogP contribution in [0.25, 0.3) is 0 Å². The van der Waals surface area contributed by atoms with Gasteiger partial charge in [-0.15, -0.1) is 12.4 Å². The van der Waals surface area contributed by atoms with Crippen LogP contribution < -0.4 is 5.73 Å². The highest BCUT2D eigenvalue weighted by Crippen LogP contribution is 2.31. The van der Waals surface area contributed by atoms with Crippen molar-refractivity contribution in [3.05, 3.63) is 33.4 Å². The minimum Gasteiger partial charge on any atom is -0.326 e. The maximum absolute atomic E-state index is 12.5. The van der Waals surface area contributed by atoms with Crippen molar-refractivity contribution < 1.29 is 13.3 Å². The summed E-state index contributed by atoms with van der Waals surface area (Å²) in [5.74, 6) is 0. The Balaban J connectivity index is 0.00000220. The zero-order valence-electron chi connectivity index (χ0n) is 11.8. The SMILES string of the molecule is Cc1cc([N+](=O)[O-])c(S(=O)(=O)N2CCC(N)C2)cc1C.Cl. The molecule has 1 aliphatic rings. The second kappa shape index (κ2) is 6.27. The topological polar surface area (TPSA) is 107 Å². The van der Waals surface area contributed by atoms with Crippen LogP contribution in [0.2, 0.25) is 0 Å². The summed E-state index contributed by atoms with van der Waals surface area (Å²) in [5, 5.41) is 11.1. The summed E-state index contributed by atoms with van der Waals surface area (Å²) in [5.41, 5.74) is 6.73. The highest BCUT2D eigenvalue weighted by atomic mass is 35.5. The lowest BCUT2D eigenvalue weighted by molar-refractivity contribution is -0.387. The van der Waals surface area contributed by atoms with Crippen molar-refractivity contribution in [2.24, 2.45) is 5.73 Å². The summed E-state index contributed by atoms with van der Waals surface area (Å²) in [6.45, 7) is 3.94. The molecule has 1 aromatic carbocycles. The van der Waals surface area contributed by atoms with Crippen LogP contribution in [0.1, 0.15) is 17.5 Å². The molecule has 1 unspecified atom stereocenters. The maximum atomic E-state index is 12.5. The summed E-state index contributed by atoms with van der Waals surface area (Å²) in [6, 6.07) is 2.46. The third-order valence-electron chi connectivity index (χ3n) is 3.58. The third-order valence-corrected chi connectivity index (χ3v) is 5.47. The van der Waals surface area contributed by atoms with E-state index in [9.17, 15) is 18.5 Å². The van der Waals surface area contributed by atoms with Crippen LogP contribution in [-0.2, 0) is 10.0 Å². The Kier molecular flexibility index (Phi) is 5.32. The molecule has 1 fully saturated rings. The molecule has 1 atom stereocenters. The lowest BCUT2D eigenvalue weighted by atomic mass is 10.1. The fourth-order valence-electron chi connectivity index (χ4n) is 2.24. The van der Waals surface area contributed by atoms with Crippen LogP contribution in [0.4, 0.5) is 5.69 Å². The van der Waals surface area contributed by atoms with Crippen molar-refractivity contribution in [2.45, 2.75) is 31.2 Å². The van der Waals surface area contributed by atoms with E-state index in [2.05, 4.69) is 0 Å². The Morgan fingerprint density at radius 2 is 1.90 bits per heavy atom. The van der Waals surface area contributed by atoms with Gasteiger partial charge in [0.2, 0.25) is 10.0 Å². The van der Waals surface area contributed by atoms with Crippen LogP contribution in [0, 0.1) is 24.0 Å². The monoisotopic (exact) mass is 335 g/mol. The normalized spacial score (nSPS) is 19.3. The fourth-order valence-corrected chi connectivity index (χ4v) is 3.97. The molecule has 0 bridgehead atoms. The number of rotatable bonds is 3. The number of nitro benzene ring substituents is 1. The molecule has 1 aliphatic heterocycles. The number of nitro groups is 1. The minimum atomic E-state index is -3.87. The van der Waals surface area contributed by atoms with Crippen LogP contribution in [0.5, 0.6) is 0 Å². The Hall–Kier alpha value is -1.22. The predicted molar refractivity (Wildman–Crippen MR) is 81.2 cm³/mol. The van der Waals surface area contributed by atoms with E-state index in [4.69, 9.17) is 5.73 Å². The second-order valence-electron chi connectivity index (χ2n) is 5.07. The van der Waals surface area contributed by atoms with Crippen molar-refractivity contribution in [1.82, 2.24) is 4.31 Å². The molecule has 9 heteroatoms. The van der Waals surface area contributed by atoms with E-state index in [0.717, 1.165) is 0 Å². The Morgan fingerprint density at radius 3 is 2.38 bits per heavy atom. The van der Waals surface area contributed by atoms with Gasteiger partial charge in [-0.2, -0.15) is 4.31 Å². The van der Waals surface area contributed by atoms with Gasteiger partial charge in [-0.1, -0.05) is 0 Å². The predicted octanol–water partition coefficient (Wildman–Crippen LogP) is 1.36. The summed E-state index contributed by atoms with van der Waals surface area (Å²) in [7, 11) is -3.87. The van der Waals surface area contributed by atoms with Gasteiger partial charge >= 0.3 is 0 Å². The fraction of sp³-hybridized carbons (Fsp3) is 0.500. The van der Waals surface area contributed by atoms with Crippen molar-refractivity contribution in [1.29, 1.82) is 0 Å². The first kappa shape index (κ1) is 17.8. The first-order valence-electron chi connectivity index (χ1n) is 6.25. The molecule has 0 saturated carbocycles. The zero-order valence-corrected chi connectivity index (χ0v) is 13.4. The Labute approximate surface area is 129 Å². The van der Waals surface area contributed by atoms with E-state index in [1.807, 2.05) is 0 Å². The van der Waals surface area contributed by atoms with E-state index in [0.29, 0.717) is 24.1 Å². The van der Waals surface area contributed by atoms with Crippen LogP contribution in [0.15, 0.2) is 17.0 Å². The van der Waals surface area contributed by atoms with Crippen LogP contribution in [-0.4, -0.2) is 36.8 Å². The highest BCUT2D eigenvalue weighted by Gasteiger charge is 2.35. The summed E-state index contributed by atoms with van der Waals surface area (Å²) in [6.07, 6.45) is 0.567. The largest absolute Gasteiger partial charge is 0.326 e. The zero-order chi connectivity index (χ0) is 15.1. The standard InChI is InChI=1S/C12H17N3O4S.ClH/c1-8-5-11(15(16)17)12(6-9(8)2)20(18,19)14-4-3-10(13)7-14;/h5-6,10H,3-4,7,13H2,1-2H3;1H. The van der Waals surface area contributed by atoms with Crippen LogP contribution in [0.3, 0.4) is 0 Å². The molecular weight excluding hydrogens is 318 g/mol. The molecule has 0 amide bonds. The molecule has 0 aromatic heterocycles. The molecule has 2 N–H and O–H groups in total. The molecule has 0 aliphatic carbocycles. The Morgan fingerprint density at radius 1 is 1.33 bits per heavy atom. The van der Waals surface area contributed by atoms with Crippen molar-refractivity contribution >= 4 is 28.1 Å². The quantitative estimate of drug-likeness (QED) is 0.663. The van der Waals surface area contributed by atoms with Gasteiger partial charge in [-0.05, 0) is 37.5 Å². The van der Waals surface area contributed by atoms with E-state index in [1.54, 1.807) is 13.8 Å². The average Bonchev–Trinajstić information content (AvgIpc) is 2.79. The maximum Gasteiger partial charge on any atom is 0.289 e. The van der Waals surface area contributed by atoms with Crippen LogP contribution >= 0.6 is 12.4 Å². The minimum absolute atomic E-state index is 0. The molecule has 0 radical (unpaired) electrons. The Bertz CT molecular complexity index is 663. The number of hydrogen-bond donors (Lipinski definition) is 1. The van der Waals surface area contributed by atoms with Gasteiger partial charge in [0.25, 0.3) is 5.69 Å². The molecule has 21 heavy (non-hydrogen) atoms. The summed E-state index contributed by atoms with van der Waals surface area (Å²) < 4.78 is 26.3. The number of benzene rings is 1. The summed E-state index contributed by atoms with van der Waals surface area (Å²) in [4.78, 5) is 10.2. The highest BCUT2D eigenvalue weighted by molar-refractivity contribution is 7.89. The van der Waals surface area contributed by atoms with Crippen molar-refractivity contribution in [3.63, 3.8) is 0 Å². The molecule has 1 heterocycles. The lowest BCUT2D eigenvalue weighted by Crippen LogP contribution is -2.32. The molecule has 118 valence electrons. The van der Waals surface area contributed by atoms with Gasteiger partial charge in [0.1, 0.15) is 0 Å². The van der Waals surface area contributed by atoms with E-state index < -0.39 is 14.9 Å². The number of aryl methyl sites for hydroxylation is 2. The third kappa shape index (κ3) is 3.34. The van der Waals surface area contributed by atoms with Gasteiger partial charge in [-0.25, -0.2) is 8.42 Å². The molecule has 1 saturated heterocycles. The lowest BCUT2D eigenvalue weighted by Gasteiger charge is -2.16. The van der Waals surface area contributed by atoms with E-state index in [-0.39, 0.29) is 35.6 Å². The van der Waals surface area contributed by atoms with E-state index >= 15 is 0 Å². The van der Waals surface area contributed by atoms with Crippen molar-refractivity contribution in [3.8, 4) is 0 Å². The first-order valence-corrected chi connectivity index (χ1v) is 7.69. The van der Waals surface area contributed by atoms with Gasteiger partial charge in [0, 0.05) is 25.2 Å². The van der Waals surface area contributed by atoms with Crippen molar-refractivity contribution in [2.75, 3.05) is 13.1 Å². The number of hydrogen-bond acceptors (Lipinski definition) is 5. The van der Waals surface area contributed by atoms with E-state index in [1.165, 1.54) is 16.4 Å². The van der Waals surface area contributed by atoms with Gasteiger partial charge in [-0.3, -0.25) is 10.1 Å². The van der Waals surface area contributed by atoms with Gasteiger partial charge < -0.3 is 5.73 Å². The second-order valence-corrected chi connectivity index (χ2v) is 6.98. The van der Waals surface area contributed by atoms with Gasteiger partial charge in [0.05, 0.1) is 4.92 Å². The number of halogens is 1. The number of nitrogens with zero attached hydrogens (tertiary/aromatic N) is 2. The van der Waals surface area contributed by atoms with Gasteiger partial charge in [0.15, 0.2) is 4.90 Å². The average molecular weight is 336 g/mol. The smallest absolute Gasteiger partial charge is 0.289 e. The first-order chi connectivity index (χ1) is 9.23.